The van der Waals surface area contributed by atoms with E-state index in [2.05, 4.69) is 23.9 Å². The summed E-state index contributed by atoms with van der Waals surface area (Å²) >= 11 is 0. The standard InChI is InChI=1S/C21H25N5O3/c1-14-8-15(2)11-24(10-14)19(27)12-25-13-22-20-18(21(25)28)9-23-26(20)16-4-6-17(29-3)7-5-16/h4-7,9,13-15H,8,10-12H2,1-3H3/t14-,15-/m1/s1. The Bertz CT molecular complexity index is 1080. The zero-order chi connectivity index (χ0) is 20.5. The summed E-state index contributed by atoms with van der Waals surface area (Å²) in [5.74, 6) is 1.64. The van der Waals surface area contributed by atoms with Gasteiger partial charge in [0.15, 0.2) is 5.65 Å². The van der Waals surface area contributed by atoms with Crippen LogP contribution in [0.4, 0.5) is 0 Å². The van der Waals surface area contributed by atoms with Crippen molar-refractivity contribution in [2.24, 2.45) is 11.8 Å². The zero-order valence-electron chi connectivity index (χ0n) is 16.9. The number of ether oxygens (including phenoxy) is 1. The third-order valence-electron chi connectivity index (χ3n) is 5.40. The Morgan fingerprint density at radius 1 is 1.17 bits per heavy atom. The summed E-state index contributed by atoms with van der Waals surface area (Å²) in [5, 5.41) is 4.70. The number of amides is 1. The second-order valence-corrected chi connectivity index (χ2v) is 7.91. The quantitative estimate of drug-likeness (QED) is 0.676. The third kappa shape index (κ3) is 3.74. The van der Waals surface area contributed by atoms with E-state index in [4.69, 9.17) is 4.74 Å². The Morgan fingerprint density at radius 2 is 1.86 bits per heavy atom. The number of likely N-dealkylation sites (tertiary alicyclic amines) is 1. The van der Waals surface area contributed by atoms with Gasteiger partial charge in [0.1, 0.15) is 24.0 Å². The fraction of sp³-hybridized carbons (Fsp3) is 0.429. The molecular formula is C21H25N5O3. The Labute approximate surface area is 168 Å². The van der Waals surface area contributed by atoms with E-state index in [0.717, 1.165) is 30.9 Å². The predicted octanol–water partition coefficient (Wildman–Crippen LogP) is 2.10. The molecule has 4 rings (SSSR count). The molecule has 1 amide bonds. The second kappa shape index (κ2) is 7.69. The van der Waals surface area contributed by atoms with Gasteiger partial charge in [0, 0.05) is 13.1 Å². The van der Waals surface area contributed by atoms with E-state index in [1.807, 2.05) is 29.2 Å². The molecule has 2 aromatic heterocycles. The van der Waals surface area contributed by atoms with Crippen molar-refractivity contribution in [2.45, 2.75) is 26.8 Å². The number of fused-ring (bicyclic) bond motifs is 1. The van der Waals surface area contributed by atoms with Crippen LogP contribution in [0.1, 0.15) is 20.3 Å². The highest BCUT2D eigenvalue weighted by molar-refractivity contribution is 5.78. The van der Waals surface area contributed by atoms with Crippen LogP contribution < -0.4 is 10.3 Å². The molecule has 152 valence electrons. The van der Waals surface area contributed by atoms with Gasteiger partial charge in [0.2, 0.25) is 5.91 Å². The van der Waals surface area contributed by atoms with E-state index < -0.39 is 0 Å². The number of hydrogen-bond donors (Lipinski definition) is 0. The minimum Gasteiger partial charge on any atom is -0.497 e. The minimum absolute atomic E-state index is 0.00503. The number of carbonyl (C=O) groups is 1. The van der Waals surface area contributed by atoms with Crippen molar-refractivity contribution in [1.82, 2.24) is 24.2 Å². The number of piperidine rings is 1. The summed E-state index contributed by atoms with van der Waals surface area (Å²) in [6.07, 6.45) is 4.06. The average molecular weight is 395 g/mol. The molecule has 3 aromatic rings. The van der Waals surface area contributed by atoms with Crippen LogP contribution in [-0.4, -0.2) is 50.3 Å². The van der Waals surface area contributed by atoms with Gasteiger partial charge >= 0.3 is 0 Å². The molecule has 8 heteroatoms. The van der Waals surface area contributed by atoms with Crippen molar-refractivity contribution in [1.29, 1.82) is 0 Å². The first-order valence-electron chi connectivity index (χ1n) is 9.81. The number of hydrogen-bond acceptors (Lipinski definition) is 5. The molecule has 1 saturated heterocycles. The van der Waals surface area contributed by atoms with E-state index in [9.17, 15) is 9.59 Å². The number of methoxy groups -OCH3 is 1. The first-order chi connectivity index (χ1) is 14.0. The first-order valence-corrected chi connectivity index (χ1v) is 9.81. The molecule has 0 radical (unpaired) electrons. The van der Waals surface area contributed by atoms with Gasteiger partial charge in [-0.25, -0.2) is 9.67 Å². The van der Waals surface area contributed by atoms with Crippen LogP contribution in [0.2, 0.25) is 0 Å². The second-order valence-electron chi connectivity index (χ2n) is 7.91. The zero-order valence-corrected chi connectivity index (χ0v) is 16.9. The maximum atomic E-state index is 12.9. The SMILES string of the molecule is COc1ccc(-n2ncc3c(=O)n(CC(=O)N4C[C@H](C)C[C@@H](C)C4)cnc32)cc1. The Balaban J connectivity index is 1.60. The molecule has 0 N–H and O–H groups in total. The van der Waals surface area contributed by atoms with Crippen LogP contribution >= 0.6 is 0 Å². The fourth-order valence-corrected chi connectivity index (χ4v) is 4.09. The highest BCUT2D eigenvalue weighted by Gasteiger charge is 2.25. The number of benzene rings is 1. The number of carbonyl (C=O) groups excluding carboxylic acids is 1. The monoisotopic (exact) mass is 395 g/mol. The van der Waals surface area contributed by atoms with E-state index in [1.54, 1.807) is 11.8 Å². The van der Waals surface area contributed by atoms with Crippen molar-refractivity contribution in [2.75, 3.05) is 20.2 Å². The number of nitrogens with zero attached hydrogens (tertiary/aromatic N) is 5. The number of rotatable bonds is 4. The van der Waals surface area contributed by atoms with Crippen molar-refractivity contribution in [3.8, 4) is 11.4 Å². The molecule has 1 aliphatic heterocycles. The van der Waals surface area contributed by atoms with Crippen molar-refractivity contribution >= 4 is 16.9 Å². The Kier molecular flexibility index (Phi) is 5.08. The maximum Gasteiger partial charge on any atom is 0.264 e. The lowest BCUT2D eigenvalue weighted by Crippen LogP contribution is -2.44. The molecule has 0 bridgehead atoms. The van der Waals surface area contributed by atoms with Crippen LogP contribution in [0, 0.1) is 11.8 Å². The molecule has 0 aliphatic carbocycles. The highest BCUT2D eigenvalue weighted by atomic mass is 16.5. The highest BCUT2D eigenvalue weighted by Crippen LogP contribution is 2.21. The molecule has 1 fully saturated rings. The van der Waals surface area contributed by atoms with Crippen LogP contribution in [0.3, 0.4) is 0 Å². The Hall–Kier alpha value is -3.16. The van der Waals surface area contributed by atoms with Crippen LogP contribution in [0.5, 0.6) is 5.75 Å². The molecule has 1 aliphatic rings. The van der Waals surface area contributed by atoms with Gasteiger partial charge < -0.3 is 9.64 Å². The van der Waals surface area contributed by atoms with E-state index >= 15 is 0 Å². The average Bonchev–Trinajstić information content (AvgIpc) is 3.14. The summed E-state index contributed by atoms with van der Waals surface area (Å²) in [6.45, 7) is 5.79. The van der Waals surface area contributed by atoms with Gasteiger partial charge in [-0.15, -0.1) is 0 Å². The lowest BCUT2D eigenvalue weighted by molar-refractivity contribution is -0.134. The summed E-state index contributed by atoms with van der Waals surface area (Å²) < 4.78 is 8.15. The molecule has 1 aromatic carbocycles. The molecular weight excluding hydrogens is 370 g/mol. The largest absolute Gasteiger partial charge is 0.497 e. The van der Waals surface area contributed by atoms with Crippen molar-refractivity contribution in [3.05, 3.63) is 47.1 Å². The van der Waals surface area contributed by atoms with Crippen LogP contribution in [0.15, 0.2) is 41.6 Å². The normalized spacial score (nSPS) is 19.5. The van der Waals surface area contributed by atoms with E-state index in [-0.39, 0.29) is 18.0 Å². The van der Waals surface area contributed by atoms with Gasteiger partial charge in [0.05, 0.1) is 19.0 Å². The lowest BCUT2D eigenvalue weighted by atomic mass is 9.92. The van der Waals surface area contributed by atoms with Crippen LogP contribution in [-0.2, 0) is 11.3 Å². The summed E-state index contributed by atoms with van der Waals surface area (Å²) in [5.41, 5.74) is 0.975. The van der Waals surface area contributed by atoms with E-state index in [1.165, 1.54) is 17.1 Å². The summed E-state index contributed by atoms with van der Waals surface area (Å²) in [6, 6.07) is 7.34. The van der Waals surface area contributed by atoms with Gasteiger partial charge in [-0.1, -0.05) is 13.8 Å². The fourth-order valence-electron chi connectivity index (χ4n) is 4.09. The summed E-state index contributed by atoms with van der Waals surface area (Å²) in [7, 11) is 1.61. The molecule has 0 spiro atoms. The molecule has 8 nitrogen and oxygen atoms in total. The lowest BCUT2D eigenvalue weighted by Gasteiger charge is -2.35. The molecule has 29 heavy (non-hydrogen) atoms. The van der Waals surface area contributed by atoms with Gasteiger partial charge in [0.25, 0.3) is 5.56 Å². The number of aromatic nitrogens is 4. The topological polar surface area (TPSA) is 82.2 Å². The third-order valence-corrected chi connectivity index (χ3v) is 5.40. The minimum atomic E-state index is -0.263. The molecule has 3 heterocycles. The van der Waals surface area contributed by atoms with Gasteiger partial charge in [-0.2, -0.15) is 5.10 Å². The summed E-state index contributed by atoms with van der Waals surface area (Å²) in [4.78, 5) is 31.9. The molecule has 0 saturated carbocycles. The Morgan fingerprint density at radius 3 is 2.52 bits per heavy atom. The maximum absolute atomic E-state index is 12.9. The van der Waals surface area contributed by atoms with Crippen LogP contribution in [0.25, 0.3) is 16.7 Å². The smallest absolute Gasteiger partial charge is 0.264 e. The molecule has 0 unspecified atom stereocenters. The van der Waals surface area contributed by atoms with Crippen molar-refractivity contribution in [3.63, 3.8) is 0 Å². The van der Waals surface area contributed by atoms with Gasteiger partial charge in [-0.05, 0) is 42.5 Å². The predicted molar refractivity (Wildman–Crippen MR) is 109 cm³/mol. The van der Waals surface area contributed by atoms with E-state index in [0.29, 0.717) is 22.9 Å². The molecule has 2 atom stereocenters. The first kappa shape index (κ1) is 19.2. The van der Waals surface area contributed by atoms with Crippen molar-refractivity contribution < 1.29 is 9.53 Å². The van der Waals surface area contributed by atoms with Gasteiger partial charge in [-0.3, -0.25) is 14.2 Å².